The van der Waals surface area contributed by atoms with E-state index >= 15 is 0 Å². The minimum absolute atomic E-state index is 0.0197. The van der Waals surface area contributed by atoms with E-state index in [9.17, 15) is 9.59 Å². The molecule has 0 unspecified atom stereocenters. The molecule has 1 aliphatic carbocycles. The van der Waals surface area contributed by atoms with E-state index in [2.05, 4.69) is 21.2 Å². The van der Waals surface area contributed by atoms with Crippen LogP contribution in [0.5, 0.6) is 0 Å². The average Bonchev–Trinajstić information content (AvgIpc) is 2.73. The molecule has 1 aromatic carbocycles. The summed E-state index contributed by atoms with van der Waals surface area (Å²) in [4.78, 5) is 23.4. The van der Waals surface area contributed by atoms with Crippen LogP contribution in [0.25, 0.3) is 0 Å². The van der Waals surface area contributed by atoms with Crippen molar-refractivity contribution >= 4 is 27.8 Å². The highest BCUT2D eigenvalue weighted by molar-refractivity contribution is 9.09. The molecule has 1 fully saturated rings. The highest BCUT2D eigenvalue weighted by atomic mass is 79.9. The second-order valence-electron chi connectivity index (χ2n) is 5.29. The van der Waals surface area contributed by atoms with E-state index in [1.54, 1.807) is 0 Å². The molecule has 2 atom stereocenters. The molecule has 1 saturated carbocycles. The van der Waals surface area contributed by atoms with Crippen molar-refractivity contribution in [2.75, 3.05) is 5.33 Å². The van der Waals surface area contributed by atoms with Crippen LogP contribution in [0.2, 0.25) is 0 Å². The summed E-state index contributed by atoms with van der Waals surface area (Å²) < 4.78 is 5.36. The fourth-order valence-corrected chi connectivity index (χ4v) is 2.74. The Kier molecular flexibility index (Phi) is 6.23. The zero-order valence-electron chi connectivity index (χ0n) is 11.9. The van der Waals surface area contributed by atoms with Crippen molar-refractivity contribution in [1.29, 1.82) is 0 Å². The van der Waals surface area contributed by atoms with Crippen LogP contribution in [0, 0.1) is 0 Å². The normalized spacial score (nSPS) is 22.1. The number of alkyl halides is 1. The number of amides is 1. The summed E-state index contributed by atoms with van der Waals surface area (Å²) in [5.74, 6) is -0.247. The summed E-state index contributed by atoms with van der Waals surface area (Å²) in [5.41, 5.74) is 0.684. The van der Waals surface area contributed by atoms with Crippen molar-refractivity contribution in [3.63, 3.8) is 0 Å². The second kappa shape index (κ2) is 8.17. The highest BCUT2D eigenvalue weighted by Crippen LogP contribution is 2.21. The van der Waals surface area contributed by atoms with Gasteiger partial charge in [0.1, 0.15) is 11.4 Å². The summed E-state index contributed by atoms with van der Waals surface area (Å²) in [6.07, 6.45) is 4.39. The molecular weight excluding hydrogens is 334 g/mol. The first-order chi connectivity index (χ1) is 10.2. The SMILES string of the molecule is O=C(CBr)O[C@H]1CCC[C@H](NC(=O)c2ccccc2)CC1. The lowest BCUT2D eigenvalue weighted by atomic mass is 10.1. The third kappa shape index (κ3) is 5.16. The van der Waals surface area contributed by atoms with Gasteiger partial charge >= 0.3 is 5.97 Å². The molecule has 0 aliphatic heterocycles. The van der Waals surface area contributed by atoms with Crippen molar-refractivity contribution in [2.45, 2.75) is 44.2 Å². The molecule has 0 heterocycles. The Morgan fingerprint density at radius 3 is 2.62 bits per heavy atom. The van der Waals surface area contributed by atoms with Gasteiger partial charge in [-0.3, -0.25) is 9.59 Å². The van der Waals surface area contributed by atoms with E-state index in [0.29, 0.717) is 5.56 Å². The number of hydrogen-bond donors (Lipinski definition) is 1. The molecule has 0 bridgehead atoms. The summed E-state index contributed by atoms with van der Waals surface area (Å²) in [6.45, 7) is 0. The molecule has 5 heteroatoms. The third-order valence-electron chi connectivity index (χ3n) is 3.69. The van der Waals surface area contributed by atoms with Crippen molar-refractivity contribution in [3.05, 3.63) is 35.9 Å². The van der Waals surface area contributed by atoms with E-state index in [0.717, 1.165) is 32.1 Å². The molecular formula is C16H20BrNO3. The monoisotopic (exact) mass is 353 g/mol. The van der Waals surface area contributed by atoms with E-state index in [-0.39, 0.29) is 29.4 Å². The molecule has 21 heavy (non-hydrogen) atoms. The van der Waals surface area contributed by atoms with E-state index in [4.69, 9.17) is 4.74 Å². The lowest BCUT2D eigenvalue weighted by molar-refractivity contribution is -0.146. The molecule has 0 radical (unpaired) electrons. The van der Waals surface area contributed by atoms with Gasteiger partial charge in [0, 0.05) is 11.6 Å². The topological polar surface area (TPSA) is 55.4 Å². The first kappa shape index (κ1) is 16.0. The van der Waals surface area contributed by atoms with Crippen LogP contribution in [0.3, 0.4) is 0 Å². The average molecular weight is 354 g/mol. The van der Waals surface area contributed by atoms with Crippen molar-refractivity contribution < 1.29 is 14.3 Å². The number of hydrogen-bond acceptors (Lipinski definition) is 3. The van der Waals surface area contributed by atoms with Crippen LogP contribution in [0.15, 0.2) is 30.3 Å². The molecule has 0 saturated heterocycles. The third-order valence-corrected chi connectivity index (χ3v) is 4.15. The maximum Gasteiger partial charge on any atom is 0.316 e. The Morgan fingerprint density at radius 2 is 1.90 bits per heavy atom. The van der Waals surface area contributed by atoms with Gasteiger partial charge in [0.15, 0.2) is 0 Å². The summed E-state index contributed by atoms with van der Waals surface area (Å²) in [5, 5.41) is 3.31. The fraction of sp³-hybridized carbons (Fsp3) is 0.500. The lowest BCUT2D eigenvalue weighted by Crippen LogP contribution is -2.34. The summed E-state index contributed by atoms with van der Waals surface area (Å²) in [7, 11) is 0. The molecule has 1 aliphatic rings. The first-order valence-electron chi connectivity index (χ1n) is 7.30. The predicted octanol–water partition coefficient (Wildman–Crippen LogP) is 3.06. The van der Waals surface area contributed by atoms with Crippen molar-refractivity contribution in [1.82, 2.24) is 5.32 Å². The van der Waals surface area contributed by atoms with Gasteiger partial charge in [0.05, 0.1) is 0 Å². The maximum absolute atomic E-state index is 12.1. The van der Waals surface area contributed by atoms with E-state index in [1.807, 2.05) is 30.3 Å². The van der Waals surface area contributed by atoms with E-state index in [1.165, 1.54) is 0 Å². The van der Waals surface area contributed by atoms with Gasteiger partial charge in [0.2, 0.25) is 0 Å². The predicted molar refractivity (Wildman–Crippen MR) is 84.5 cm³/mol. The minimum Gasteiger partial charge on any atom is -0.462 e. The van der Waals surface area contributed by atoms with Crippen LogP contribution in [0.4, 0.5) is 0 Å². The number of ether oxygens (including phenoxy) is 1. The maximum atomic E-state index is 12.1. The van der Waals surface area contributed by atoms with Gasteiger partial charge < -0.3 is 10.1 Å². The molecule has 0 spiro atoms. The number of rotatable bonds is 4. The zero-order chi connectivity index (χ0) is 15.1. The molecule has 1 amide bonds. The van der Waals surface area contributed by atoms with Crippen LogP contribution in [0.1, 0.15) is 42.5 Å². The molecule has 0 aromatic heterocycles. The Labute approximate surface area is 133 Å². The van der Waals surface area contributed by atoms with Gasteiger partial charge in [-0.15, -0.1) is 0 Å². The smallest absolute Gasteiger partial charge is 0.316 e. The summed E-state index contributed by atoms with van der Waals surface area (Å²) >= 11 is 3.10. The van der Waals surface area contributed by atoms with Crippen LogP contribution >= 0.6 is 15.9 Å². The van der Waals surface area contributed by atoms with E-state index < -0.39 is 0 Å². The lowest BCUT2D eigenvalue weighted by Gasteiger charge is -2.17. The van der Waals surface area contributed by atoms with Crippen molar-refractivity contribution in [2.24, 2.45) is 0 Å². The Balaban J connectivity index is 1.83. The molecule has 4 nitrogen and oxygen atoms in total. The standard InChI is InChI=1S/C16H20BrNO3/c17-11-15(19)21-14-8-4-7-13(9-10-14)18-16(20)12-5-2-1-3-6-12/h1-3,5-6,13-14H,4,7-11H2,(H,18,20)/t13-,14-/m0/s1. The van der Waals surface area contributed by atoms with Gasteiger partial charge in [-0.25, -0.2) is 0 Å². The largest absolute Gasteiger partial charge is 0.462 e. The van der Waals surface area contributed by atoms with Gasteiger partial charge in [-0.05, 0) is 44.2 Å². The first-order valence-corrected chi connectivity index (χ1v) is 8.42. The minimum atomic E-state index is -0.216. The second-order valence-corrected chi connectivity index (χ2v) is 5.85. The number of carbonyl (C=O) groups is 2. The molecule has 2 rings (SSSR count). The molecule has 1 aromatic rings. The summed E-state index contributed by atoms with van der Waals surface area (Å²) in [6, 6.07) is 9.39. The van der Waals surface area contributed by atoms with Gasteiger partial charge in [-0.1, -0.05) is 34.1 Å². The fourth-order valence-electron chi connectivity index (χ4n) is 2.61. The number of carbonyl (C=O) groups excluding carboxylic acids is 2. The van der Waals surface area contributed by atoms with Crippen LogP contribution in [-0.4, -0.2) is 29.4 Å². The number of nitrogens with one attached hydrogen (secondary N) is 1. The number of halogens is 1. The number of benzene rings is 1. The molecule has 114 valence electrons. The van der Waals surface area contributed by atoms with Crippen LogP contribution < -0.4 is 5.32 Å². The highest BCUT2D eigenvalue weighted by Gasteiger charge is 2.22. The van der Waals surface area contributed by atoms with Crippen LogP contribution in [-0.2, 0) is 9.53 Å². The number of esters is 1. The zero-order valence-corrected chi connectivity index (χ0v) is 13.5. The van der Waals surface area contributed by atoms with Crippen molar-refractivity contribution in [3.8, 4) is 0 Å². The Bertz CT molecular complexity index is 478. The van der Waals surface area contributed by atoms with Gasteiger partial charge in [-0.2, -0.15) is 0 Å². The van der Waals surface area contributed by atoms with Gasteiger partial charge in [0.25, 0.3) is 5.91 Å². The Morgan fingerprint density at radius 1 is 1.14 bits per heavy atom. The quantitative estimate of drug-likeness (QED) is 0.514. The molecule has 1 N–H and O–H groups in total. The Hall–Kier alpha value is -1.36.